The lowest BCUT2D eigenvalue weighted by Gasteiger charge is -2.24. The Balaban J connectivity index is 2.11. The molecule has 0 aromatic heterocycles. The van der Waals surface area contributed by atoms with Crippen LogP contribution in [0.5, 0.6) is 0 Å². The number of nitrogens with zero attached hydrogens (tertiary/aromatic N) is 1. The number of hydrogen-bond donors (Lipinski definition) is 1. The van der Waals surface area contributed by atoms with E-state index in [9.17, 15) is 0 Å². The van der Waals surface area contributed by atoms with Gasteiger partial charge in [0.25, 0.3) is 0 Å². The van der Waals surface area contributed by atoms with E-state index in [-0.39, 0.29) is 6.04 Å². The second-order valence-corrected chi connectivity index (χ2v) is 7.53. The van der Waals surface area contributed by atoms with Crippen LogP contribution in [0.15, 0.2) is 61.5 Å². The number of hydrogen-bond acceptors (Lipinski definition) is 2. The summed E-state index contributed by atoms with van der Waals surface area (Å²) in [5, 5.41) is 3.70. The summed E-state index contributed by atoms with van der Waals surface area (Å²) in [6.07, 6.45) is 11.7. The minimum absolute atomic E-state index is 0.178. The third kappa shape index (κ3) is 4.16. The molecule has 3 rings (SSSR count). The Morgan fingerprint density at radius 1 is 1.14 bits per heavy atom. The Hall–Kier alpha value is -2.48. The fourth-order valence-electron chi connectivity index (χ4n) is 4.29. The molecule has 0 amide bonds. The van der Waals surface area contributed by atoms with Crippen molar-refractivity contribution in [1.29, 1.82) is 0 Å². The van der Waals surface area contributed by atoms with Crippen LogP contribution in [0, 0.1) is 0 Å². The van der Waals surface area contributed by atoms with Crippen molar-refractivity contribution in [3.63, 3.8) is 0 Å². The summed E-state index contributed by atoms with van der Waals surface area (Å²) in [4.78, 5) is 2.32. The number of allylic oxidation sites excluding steroid dienone is 1. The second-order valence-electron chi connectivity index (χ2n) is 7.53. The maximum atomic E-state index is 4.02. The number of fused-ring (bicyclic) bond motifs is 1. The van der Waals surface area contributed by atoms with Crippen LogP contribution in [0.3, 0.4) is 0 Å². The molecule has 1 heterocycles. The molecule has 1 N–H and O–H groups in total. The van der Waals surface area contributed by atoms with E-state index in [1.54, 1.807) is 0 Å². The molecule has 2 aromatic rings. The molecule has 2 heteroatoms. The van der Waals surface area contributed by atoms with E-state index in [4.69, 9.17) is 0 Å². The van der Waals surface area contributed by atoms with Gasteiger partial charge in [-0.2, -0.15) is 0 Å². The lowest BCUT2D eigenvalue weighted by Crippen LogP contribution is -2.19. The molecular weight excluding hydrogens is 340 g/mol. The lowest BCUT2D eigenvalue weighted by atomic mass is 9.89. The van der Waals surface area contributed by atoms with Crippen molar-refractivity contribution in [1.82, 2.24) is 5.32 Å². The first kappa shape index (κ1) is 20.3. The Labute approximate surface area is 171 Å². The highest BCUT2D eigenvalue weighted by Crippen LogP contribution is 2.37. The maximum absolute atomic E-state index is 4.02. The van der Waals surface area contributed by atoms with E-state index in [0.717, 1.165) is 38.6 Å². The van der Waals surface area contributed by atoms with Crippen molar-refractivity contribution >= 4 is 5.69 Å². The zero-order chi connectivity index (χ0) is 19.9. The monoisotopic (exact) mass is 374 g/mol. The summed E-state index contributed by atoms with van der Waals surface area (Å²) in [5.74, 6) is 0. The first-order valence-corrected chi connectivity index (χ1v) is 10.8. The zero-order valence-electron chi connectivity index (χ0n) is 17.7. The van der Waals surface area contributed by atoms with E-state index in [0.29, 0.717) is 0 Å². The summed E-state index contributed by atoms with van der Waals surface area (Å²) >= 11 is 0. The molecule has 2 aromatic carbocycles. The molecule has 0 saturated carbocycles. The largest absolute Gasteiger partial charge is 0.380 e. The molecule has 1 unspecified atom stereocenters. The number of anilines is 1. The summed E-state index contributed by atoms with van der Waals surface area (Å²) in [5.41, 5.74) is 8.47. The predicted octanol–water partition coefficient (Wildman–Crippen LogP) is 6.31. The Bertz CT molecular complexity index is 834. The Morgan fingerprint density at radius 3 is 2.68 bits per heavy atom. The maximum Gasteiger partial charge on any atom is 0.0765 e. The molecule has 0 spiro atoms. The standard InChI is InChI=1S/C26H34N2/c1-5-9-16-27-25(24-14-11-10-13-20(24)7-3)23-18-21(12-6-2)26-22(19-23)15-17-28(26)8-4/h8-11,13-14,16,18-19,25,27H,4-7,12,15,17H2,1-3H3/b16-9-. The van der Waals surface area contributed by atoms with Gasteiger partial charge in [-0.05, 0) is 65.9 Å². The Morgan fingerprint density at radius 2 is 1.96 bits per heavy atom. The molecule has 1 atom stereocenters. The van der Waals surface area contributed by atoms with Crippen LogP contribution < -0.4 is 10.2 Å². The van der Waals surface area contributed by atoms with E-state index in [1.165, 1.54) is 33.5 Å². The van der Waals surface area contributed by atoms with Gasteiger partial charge in [-0.25, -0.2) is 0 Å². The topological polar surface area (TPSA) is 15.3 Å². The van der Waals surface area contributed by atoms with Gasteiger partial charge in [-0.15, -0.1) is 0 Å². The number of nitrogens with one attached hydrogen (secondary N) is 1. The van der Waals surface area contributed by atoms with Crippen molar-refractivity contribution in [2.24, 2.45) is 0 Å². The normalized spacial score (nSPS) is 14.3. The minimum Gasteiger partial charge on any atom is -0.380 e. The molecule has 0 fully saturated rings. The van der Waals surface area contributed by atoms with Crippen molar-refractivity contribution in [3.05, 3.63) is 89.3 Å². The van der Waals surface area contributed by atoms with Gasteiger partial charge in [0.2, 0.25) is 0 Å². The molecule has 0 saturated heterocycles. The van der Waals surface area contributed by atoms with Crippen LogP contribution >= 0.6 is 0 Å². The molecule has 148 valence electrons. The van der Waals surface area contributed by atoms with E-state index in [1.807, 2.05) is 6.20 Å². The number of rotatable bonds is 9. The van der Waals surface area contributed by atoms with Gasteiger partial charge < -0.3 is 10.2 Å². The summed E-state index contributed by atoms with van der Waals surface area (Å²) in [6, 6.07) is 13.9. The first-order chi connectivity index (χ1) is 13.7. The van der Waals surface area contributed by atoms with Gasteiger partial charge in [0.15, 0.2) is 0 Å². The molecule has 0 aliphatic carbocycles. The molecule has 2 nitrogen and oxygen atoms in total. The molecule has 0 radical (unpaired) electrons. The van der Waals surface area contributed by atoms with E-state index < -0.39 is 0 Å². The lowest BCUT2D eigenvalue weighted by molar-refractivity contribution is 0.714. The smallest absolute Gasteiger partial charge is 0.0765 e. The zero-order valence-corrected chi connectivity index (χ0v) is 17.7. The third-order valence-electron chi connectivity index (χ3n) is 5.64. The minimum atomic E-state index is 0.178. The van der Waals surface area contributed by atoms with Crippen LogP contribution in [0.2, 0.25) is 0 Å². The fraction of sp³-hybridized carbons (Fsp3) is 0.385. The van der Waals surface area contributed by atoms with Crippen molar-refractivity contribution in [2.75, 3.05) is 11.4 Å². The highest BCUT2D eigenvalue weighted by molar-refractivity contribution is 5.67. The summed E-state index contributed by atoms with van der Waals surface area (Å²) < 4.78 is 0. The molecule has 1 aliphatic heterocycles. The molecule has 28 heavy (non-hydrogen) atoms. The predicted molar refractivity (Wildman–Crippen MR) is 122 cm³/mol. The average molecular weight is 375 g/mol. The van der Waals surface area contributed by atoms with Crippen molar-refractivity contribution in [2.45, 2.75) is 58.9 Å². The van der Waals surface area contributed by atoms with Gasteiger partial charge >= 0.3 is 0 Å². The van der Waals surface area contributed by atoms with Crippen molar-refractivity contribution in [3.8, 4) is 0 Å². The average Bonchev–Trinajstić information content (AvgIpc) is 3.15. The Kier molecular flexibility index (Phi) is 6.97. The van der Waals surface area contributed by atoms with E-state index in [2.05, 4.69) is 86.2 Å². The quantitative estimate of drug-likeness (QED) is 0.553. The highest BCUT2D eigenvalue weighted by atomic mass is 15.1. The number of aryl methyl sites for hydroxylation is 2. The first-order valence-electron chi connectivity index (χ1n) is 10.8. The van der Waals surface area contributed by atoms with Gasteiger partial charge in [0.05, 0.1) is 6.04 Å². The highest BCUT2D eigenvalue weighted by Gasteiger charge is 2.24. The van der Waals surface area contributed by atoms with Crippen molar-refractivity contribution < 1.29 is 0 Å². The van der Waals surface area contributed by atoms with Gasteiger partial charge in [0, 0.05) is 12.2 Å². The van der Waals surface area contributed by atoms with Gasteiger partial charge in [-0.3, -0.25) is 0 Å². The summed E-state index contributed by atoms with van der Waals surface area (Å²) in [7, 11) is 0. The van der Waals surface area contributed by atoms with Gasteiger partial charge in [-0.1, -0.05) is 76.2 Å². The van der Waals surface area contributed by atoms with Gasteiger partial charge in [0.1, 0.15) is 0 Å². The third-order valence-corrected chi connectivity index (χ3v) is 5.64. The molecule has 0 bridgehead atoms. The fourth-order valence-corrected chi connectivity index (χ4v) is 4.29. The van der Waals surface area contributed by atoms with E-state index >= 15 is 0 Å². The SMILES string of the molecule is C=CN1CCc2cc(C(N/C=C\CC)c3ccccc3CC)cc(CCC)c21. The van der Waals surface area contributed by atoms with Crippen LogP contribution in [0.1, 0.15) is 67.5 Å². The summed E-state index contributed by atoms with van der Waals surface area (Å²) in [6.45, 7) is 11.7. The second kappa shape index (κ2) is 9.64. The molecular formula is C26H34N2. The van der Waals surface area contributed by atoms with Crippen LogP contribution in [0.4, 0.5) is 5.69 Å². The number of benzene rings is 2. The van der Waals surface area contributed by atoms with Crippen LogP contribution in [0.25, 0.3) is 0 Å². The molecule has 1 aliphatic rings. The van der Waals surface area contributed by atoms with Crippen LogP contribution in [-0.2, 0) is 19.3 Å². The van der Waals surface area contributed by atoms with Crippen LogP contribution in [-0.4, -0.2) is 6.54 Å².